The van der Waals surface area contributed by atoms with Gasteiger partial charge in [-0.25, -0.2) is 4.99 Å². The molecule has 0 radical (unpaired) electrons. The zero-order chi connectivity index (χ0) is 14.7. The maximum absolute atomic E-state index is 5.58. The molecule has 2 fully saturated rings. The second kappa shape index (κ2) is 7.58. The summed E-state index contributed by atoms with van der Waals surface area (Å²) in [7, 11) is 0. The minimum atomic E-state index is 0. The van der Waals surface area contributed by atoms with Gasteiger partial charge in [0.2, 0.25) is 5.89 Å². The number of aliphatic imine (C=N–C) groups is 1. The predicted molar refractivity (Wildman–Crippen MR) is 93.3 cm³/mol. The smallest absolute Gasteiger partial charge is 0.248 e. The fourth-order valence-electron chi connectivity index (χ4n) is 3.06. The minimum absolute atomic E-state index is 0. The Morgan fingerprint density at radius 3 is 2.95 bits per heavy atom. The zero-order valence-electron chi connectivity index (χ0n) is 13.2. The number of hydrogen-bond acceptors (Lipinski definition) is 5. The predicted octanol–water partition coefficient (Wildman–Crippen LogP) is 1.57. The van der Waals surface area contributed by atoms with Crippen molar-refractivity contribution in [3.63, 3.8) is 0 Å². The fourth-order valence-corrected chi connectivity index (χ4v) is 3.06. The molecule has 2 aliphatic heterocycles. The number of rotatable bonds is 3. The summed E-state index contributed by atoms with van der Waals surface area (Å²) in [5.41, 5.74) is 0.331. The van der Waals surface area contributed by atoms with Crippen molar-refractivity contribution in [1.82, 2.24) is 20.4 Å². The Hall–Kier alpha value is -0.900. The molecule has 8 heteroatoms. The first-order valence-electron chi connectivity index (χ1n) is 7.61. The molecule has 2 saturated heterocycles. The largest absolute Gasteiger partial charge is 0.381 e. The molecule has 7 nitrogen and oxygen atoms in total. The molecule has 0 amide bonds. The Kier molecular flexibility index (Phi) is 6.01. The zero-order valence-corrected chi connectivity index (χ0v) is 15.5. The van der Waals surface area contributed by atoms with Crippen molar-refractivity contribution >= 4 is 29.9 Å². The van der Waals surface area contributed by atoms with Gasteiger partial charge in [0.1, 0.15) is 6.54 Å². The summed E-state index contributed by atoms with van der Waals surface area (Å²) in [5, 5.41) is 7.14. The van der Waals surface area contributed by atoms with Crippen LogP contribution in [0.25, 0.3) is 0 Å². The van der Waals surface area contributed by atoms with Gasteiger partial charge in [-0.15, -0.1) is 24.0 Å². The van der Waals surface area contributed by atoms with Crippen LogP contribution in [0.15, 0.2) is 9.52 Å². The molecule has 2 aliphatic rings. The number of nitrogens with zero attached hydrogens (tertiary/aromatic N) is 4. The Morgan fingerprint density at radius 2 is 2.32 bits per heavy atom. The van der Waals surface area contributed by atoms with Gasteiger partial charge >= 0.3 is 0 Å². The SMILES string of the molecule is CCNC(=NCc1nc(C)no1)N1CCC2(CCOC2)C1.I. The van der Waals surface area contributed by atoms with Gasteiger partial charge in [-0.1, -0.05) is 5.16 Å². The van der Waals surface area contributed by atoms with Crippen LogP contribution in [-0.2, 0) is 11.3 Å². The second-order valence-electron chi connectivity index (χ2n) is 5.88. The van der Waals surface area contributed by atoms with E-state index >= 15 is 0 Å². The fraction of sp³-hybridized carbons (Fsp3) is 0.786. The van der Waals surface area contributed by atoms with Crippen molar-refractivity contribution in [3.05, 3.63) is 11.7 Å². The van der Waals surface area contributed by atoms with Gasteiger partial charge in [0.05, 0.1) is 6.61 Å². The molecule has 0 bridgehead atoms. The monoisotopic (exact) mass is 421 g/mol. The van der Waals surface area contributed by atoms with Crippen LogP contribution < -0.4 is 5.32 Å². The first-order valence-corrected chi connectivity index (χ1v) is 7.61. The van der Waals surface area contributed by atoms with E-state index in [1.54, 1.807) is 0 Å². The summed E-state index contributed by atoms with van der Waals surface area (Å²) in [4.78, 5) is 11.1. The number of aromatic nitrogens is 2. The Labute approximate surface area is 147 Å². The number of likely N-dealkylation sites (tertiary alicyclic amines) is 1. The normalized spacial score (nSPS) is 24.8. The van der Waals surface area contributed by atoms with Crippen LogP contribution in [0.5, 0.6) is 0 Å². The molecule has 0 aliphatic carbocycles. The lowest BCUT2D eigenvalue weighted by molar-refractivity contribution is 0.156. The molecule has 0 aromatic carbocycles. The average molecular weight is 421 g/mol. The molecular formula is C14H24IN5O2. The van der Waals surface area contributed by atoms with Gasteiger partial charge < -0.3 is 19.5 Å². The first kappa shape index (κ1) is 17.5. The van der Waals surface area contributed by atoms with Crippen molar-refractivity contribution in [2.24, 2.45) is 10.4 Å². The van der Waals surface area contributed by atoms with Crippen LogP contribution in [-0.4, -0.2) is 53.8 Å². The van der Waals surface area contributed by atoms with E-state index in [0.717, 1.165) is 45.2 Å². The summed E-state index contributed by atoms with van der Waals surface area (Å²) in [6.07, 6.45) is 2.34. The van der Waals surface area contributed by atoms with Crippen molar-refractivity contribution in [2.75, 3.05) is 32.8 Å². The van der Waals surface area contributed by atoms with Gasteiger partial charge in [-0.2, -0.15) is 4.98 Å². The molecular weight excluding hydrogens is 397 g/mol. The molecule has 1 aromatic heterocycles. The molecule has 3 heterocycles. The highest BCUT2D eigenvalue weighted by Gasteiger charge is 2.42. The molecule has 1 N–H and O–H groups in total. The summed E-state index contributed by atoms with van der Waals surface area (Å²) < 4.78 is 10.7. The number of aryl methyl sites for hydroxylation is 1. The second-order valence-corrected chi connectivity index (χ2v) is 5.88. The Balaban J connectivity index is 0.00000176. The van der Waals surface area contributed by atoms with Crippen molar-refractivity contribution in [3.8, 4) is 0 Å². The summed E-state index contributed by atoms with van der Waals surface area (Å²) in [5.74, 6) is 2.13. The van der Waals surface area contributed by atoms with Crippen molar-refractivity contribution < 1.29 is 9.26 Å². The maximum Gasteiger partial charge on any atom is 0.248 e. The Morgan fingerprint density at radius 1 is 1.45 bits per heavy atom. The average Bonchev–Trinajstić information content (AvgIpc) is 3.19. The highest BCUT2D eigenvalue weighted by molar-refractivity contribution is 14.0. The van der Waals surface area contributed by atoms with Crippen LogP contribution in [0.4, 0.5) is 0 Å². The molecule has 0 saturated carbocycles. The van der Waals surface area contributed by atoms with Crippen molar-refractivity contribution in [2.45, 2.75) is 33.2 Å². The van der Waals surface area contributed by atoms with Gasteiger partial charge in [-0.05, 0) is 26.7 Å². The number of ether oxygens (including phenoxy) is 1. The molecule has 22 heavy (non-hydrogen) atoms. The van der Waals surface area contributed by atoms with Gasteiger partial charge in [0.15, 0.2) is 11.8 Å². The minimum Gasteiger partial charge on any atom is -0.381 e. The van der Waals surface area contributed by atoms with E-state index in [9.17, 15) is 0 Å². The number of halogens is 1. The molecule has 1 aromatic rings. The van der Waals surface area contributed by atoms with Crippen molar-refractivity contribution in [1.29, 1.82) is 0 Å². The van der Waals surface area contributed by atoms with E-state index in [-0.39, 0.29) is 24.0 Å². The van der Waals surface area contributed by atoms with Crippen LogP contribution in [0.1, 0.15) is 31.5 Å². The number of nitrogens with one attached hydrogen (secondary N) is 1. The number of guanidine groups is 1. The van der Waals surface area contributed by atoms with Crippen LogP contribution in [0.2, 0.25) is 0 Å². The maximum atomic E-state index is 5.58. The van der Waals surface area contributed by atoms with E-state index < -0.39 is 0 Å². The molecule has 1 unspecified atom stereocenters. The summed E-state index contributed by atoms with van der Waals surface area (Å²) in [6.45, 7) is 8.97. The quantitative estimate of drug-likeness (QED) is 0.454. The van der Waals surface area contributed by atoms with Crippen LogP contribution in [0, 0.1) is 12.3 Å². The topological polar surface area (TPSA) is 75.8 Å². The van der Waals surface area contributed by atoms with Gasteiger partial charge in [-0.3, -0.25) is 0 Å². The van der Waals surface area contributed by atoms with Crippen LogP contribution >= 0.6 is 24.0 Å². The first-order chi connectivity index (χ1) is 10.2. The van der Waals surface area contributed by atoms with E-state index in [1.165, 1.54) is 6.42 Å². The molecule has 124 valence electrons. The number of hydrogen-bond donors (Lipinski definition) is 1. The lowest BCUT2D eigenvalue weighted by atomic mass is 9.87. The highest BCUT2D eigenvalue weighted by Crippen LogP contribution is 2.38. The van der Waals surface area contributed by atoms with Gasteiger partial charge in [0.25, 0.3) is 0 Å². The van der Waals surface area contributed by atoms with Gasteiger partial charge in [0, 0.05) is 31.7 Å². The lowest BCUT2D eigenvalue weighted by Gasteiger charge is -2.24. The summed E-state index contributed by atoms with van der Waals surface area (Å²) >= 11 is 0. The third kappa shape index (κ3) is 3.89. The third-order valence-electron chi connectivity index (χ3n) is 4.19. The van der Waals surface area contributed by atoms with E-state index in [0.29, 0.717) is 23.7 Å². The van der Waals surface area contributed by atoms with Crippen LogP contribution in [0.3, 0.4) is 0 Å². The van der Waals surface area contributed by atoms with E-state index in [1.807, 2.05) is 6.92 Å². The Bertz CT molecular complexity index is 513. The van der Waals surface area contributed by atoms with E-state index in [4.69, 9.17) is 9.26 Å². The molecule has 1 atom stereocenters. The van der Waals surface area contributed by atoms with E-state index in [2.05, 4.69) is 32.3 Å². The summed E-state index contributed by atoms with van der Waals surface area (Å²) in [6, 6.07) is 0. The lowest BCUT2D eigenvalue weighted by Crippen LogP contribution is -2.41. The molecule has 3 rings (SSSR count). The highest BCUT2D eigenvalue weighted by atomic mass is 127. The standard InChI is InChI=1S/C14H23N5O2.HI/c1-3-15-13(16-8-12-17-11(2)18-21-12)19-6-4-14(9-19)5-7-20-10-14;/h3-10H2,1-2H3,(H,15,16);1H. The molecule has 1 spiro atoms. The third-order valence-corrected chi connectivity index (χ3v) is 4.19.